The highest BCUT2D eigenvalue weighted by Gasteiger charge is 2.33. The molecule has 0 radical (unpaired) electrons. The number of carbonyl (C=O) groups is 1. The van der Waals surface area contributed by atoms with Gasteiger partial charge in [-0.05, 0) is 30.9 Å². The van der Waals surface area contributed by atoms with E-state index in [-0.39, 0.29) is 25.6 Å². The molecule has 164 valence electrons. The number of aliphatic hydroxyl groups is 1. The van der Waals surface area contributed by atoms with Gasteiger partial charge in [0.1, 0.15) is 12.4 Å². The molecule has 3 N–H and O–H groups in total. The van der Waals surface area contributed by atoms with E-state index in [1.165, 1.54) is 0 Å². The minimum absolute atomic E-state index is 0.00533. The van der Waals surface area contributed by atoms with Crippen molar-refractivity contribution in [3.8, 4) is 0 Å². The number of aryl methyl sites for hydroxylation is 1. The summed E-state index contributed by atoms with van der Waals surface area (Å²) >= 11 is 0. The molecular formula is C22H30NO6P. The zero-order valence-electron chi connectivity index (χ0n) is 17.1. The number of amides is 1. The second-order valence-electron chi connectivity index (χ2n) is 6.92. The van der Waals surface area contributed by atoms with E-state index in [0.717, 1.165) is 11.1 Å². The molecule has 0 bridgehead atoms. The number of nitrogens with one attached hydrogen (secondary N) is 1. The third kappa shape index (κ3) is 8.67. The molecule has 2 aromatic rings. The van der Waals surface area contributed by atoms with Gasteiger partial charge in [0.15, 0.2) is 6.29 Å². The third-order valence-electron chi connectivity index (χ3n) is 4.59. The molecule has 2 aromatic carbocycles. The van der Waals surface area contributed by atoms with Crippen LogP contribution in [0, 0.1) is 0 Å². The van der Waals surface area contributed by atoms with Crippen LogP contribution in [0.2, 0.25) is 0 Å². The lowest BCUT2D eigenvalue weighted by Crippen LogP contribution is -2.36. The van der Waals surface area contributed by atoms with E-state index < -0.39 is 25.5 Å². The summed E-state index contributed by atoms with van der Waals surface area (Å²) in [5.41, 5.74) is 1.75. The summed E-state index contributed by atoms with van der Waals surface area (Å²) < 4.78 is 23.3. The SMILES string of the molecule is CCOC(O)CCC(NC(=O)OCc1ccccc1)P(=O)(O)CCc1ccccc1. The van der Waals surface area contributed by atoms with Gasteiger partial charge in [-0.1, -0.05) is 60.7 Å². The number of rotatable bonds is 12. The fourth-order valence-corrected chi connectivity index (χ4v) is 4.69. The third-order valence-corrected chi connectivity index (χ3v) is 6.82. The summed E-state index contributed by atoms with van der Waals surface area (Å²) in [6.45, 7) is 2.13. The highest BCUT2D eigenvalue weighted by atomic mass is 31.2. The van der Waals surface area contributed by atoms with Crippen molar-refractivity contribution in [2.45, 2.75) is 44.9 Å². The molecule has 0 heterocycles. The first-order valence-electron chi connectivity index (χ1n) is 10.0. The van der Waals surface area contributed by atoms with Crippen molar-refractivity contribution < 1.29 is 28.8 Å². The predicted molar refractivity (Wildman–Crippen MR) is 115 cm³/mol. The fourth-order valence-electron chi connectivity index (χ4n) is 2.94. The number of aliphatic hydroxyl groups excluding tert-OH is 1. The van der Waals surface area contributed by atoms with Crippen LogP contribution in [0.3, 0.4) is 0 Å². The maximum absolute atomic E-state index is 13.0. The van der Waals surface area contributed by atoms with Gasteiger partial charge in [-0.3, -0.25) is 4.57 Å². The monoisotopic (exact) mass is 435 g/mol. The molecular weight excluding hydrogens is 405 g/mol. The predicted octanol–water partition coefficient (Wildman–Crippen LogP) is 3.89. The molecule has 0 saturated heterocycles. The number of alkyl carbamates (subject to hydrolysis) is 1. The zero-order chi connectivity index (χ0) is 21.8. The summed E-state index contributed by atoms with van der Waals surface area (Å²) in [6, 6.07) is 18.5. The Balaban J connectivity index is 1.98. The molecule has 0 aromatic heterocycles. The van der Waals surface area contributed by atoms with Crippen molar-refractivity contribution in [2.75, 3.05) is 12.8 Å². The number of hydrogen-bond donors (Lipinski definition) is 3. The van der Waals surface area contributed by atoms with Crippen molar-refractivity contribution in [2.24, 2.45) is 0 Å². The molecule has 0 saturated carbocycles. The van der Waals surface area contributed by atoms with Gasteiger partial charge < -0.3 is 24.8 Å². The molecule has 0 fully saturated rings. The Bertz CT molecular complexity index is 802. The van der Waals surface area contributed by atoms with Crippen LogP contribution in [0.5, 0.6) is 0 Å². The maximum Gasteiger partial charge on any atom is 0.408 e. The molecule has 0 aliphatic carbocycles. The molecule has 0 spiro atoms. The Morgan fingerprint density at radius 1 is 1.03 bits per heavy atom. The Morgan fingerprint density at radius 3 is 2.23 bits per heavy atom. The first kappa shape index (κ1) is 24.1. The van der Waals surface area contributed by atoms with E-state index in [0.29, 0.717) is 13.0 Å². The molecule has 2 rings (SSSR count). The van der Waals surface area contributed by atoms with Crippen LogP contribution in [0.4, 0.5) is 4.79 Å². The second kappa shape index (κ2) is 12.5. The van der Waals surface area contributed by atoms with Crippen LogP contribution in [0.15, 0.2) is 60.7 Å². The average Bonchev–Trinajstić information content (AvgIpc) is 2.75. The van der Waals surface area contributed by atoms with Gasteiger partial charge in [-0.15, -0.1) is 0 Å². The van der Waals surface area contributed by atoms with E-state index in [2.05, 4.69) is 5.32 Å². The Morgan fingerprint density at radius 2 is 1.63 bits per heavy atom. The van der Waals surface area contributed by atoms with Gasteiger partial charge in [0.25, 0.3) is 0 Å². The molecule has 1 amide bonds. The van der Waals surface area contributed by atoms with E-state index in [1.54, 1.807) is 6.92 Å². The summed E-state index contributed by atoms with van der Waals surface area (Å²) in [7, 11) is -3.77. The second-order valence-corrected chi connectivity index (χ2v) is 9.51. The van der Waals surface area contributed by atoms with E-state index in [1.807, 2.05) is 60.7 Å². The Hall–Kier alpha value is -2.18. The summed E-state index contributed by atoms with van der Waals surface area (Å²) in [4.78, 5) is 22.9. The molecule has 3 unspecified atom stereocenters. The van der Waals surface area contributed by atoms with Gasteiger partial charge in [-0.25, -0.2) is 4.79 Å². The zero-order valence-corrected chi connectivity index (χ0v) is 18.0. The largest absolute Gasteiger partial charge is 0.445 e. The summed E-state index contributed by atoms with van der Waals surface area (Å²) in [5.74, 6) is -1.04. The lowest BCUT2D eigenvalue weighted by molar-refractivity contribution is -0.0995. The lowest BCUT2D eigenvalue weighted by Gasteiger charge is -2.25. The average molecular weight is 435 g/mol. The Kier molecular flexibility index (Phi) is 10.0. The van der Waals surface area contributed by atoms with Gasteiger partial charge in [0, 0.05) is 19.2 Å². The molecule has 30 heavy (non-hydrogen) atoms. The van der Waals surface area contributed by atoms with Crippen LogP contribution in [0.1, 0.15) is 30.9 Å². The quantitative estimate of drug-likeness (QED) is 0.345. The van der Waals surface area contributed by atoms with Gasteiger partial charge in [-0.2, -0.15) is 0 Å². The van der Waals surface area contributed by atoms with Crippen molar-refractivity contribution in [3.05, 3.63) is 71.8 Å². The lowest BCUT2D eigenvalue weighted by atomic mass is 10.2. The highest BCUT2D eigenvalue weighted by molar-refractivity contribution is 7.58. The standard InChI is InChI=1S/C22H30NO6P/c1-2-28-21(24)14-13-20(23-22(25)29-17-19-11-7-4-8-12-19)30(26,27)16-15-18-9-5-3-6-10-18/h3-12,20-21,24H,2,13-17H2,1H3,(H,23,25)(H,26,27). The van der Waals surface area contributed by atoms with Gasteiger partial charge >= 0.3 is 6.09 Å². The number of ether oxygens (including phenoxy) is 2. The van der Waals surface area contributed by atoms with Crippen LogP contribution >= 0.6 is 7.37 Å². The van der Waals surface area contributed by atoms with E-state index >= 15 is 0 Å². The maximum atomic E-state index is 13.0. The minimum Gasteiger partial charge on any atom is -0.445 e. The van der Waals surface area contributed by atoms with E-state index in [4.69, 9.17) is 9.47 Å². The van der Waals surface area contributed by atoms with Crippen molar-refractivity contribution in [1.82, 2.24) is 5.32 Å². The molecule has 0 aliphatic heterocycles. The topological polar surface area (TPSA) is 105 Å². The van der Waals surface area contributed by atoms with Gasteiger partial charge in [0.2, 0.25) is 7.37 Å². The summed E-state index contributed by atoms with van der Waals surface area (Å²) in [6.07, 6.45) is -1.22. The molecule has 3 atom stereocenters. The Labute approximate surface area is 177 Å². The number of carbonyl (C=O) groups excluding carboxylic acids is 1. The molecule has 0 aliphatic rings. The first-order chi connectivity index (χ1) is 14.4. The molecule has 7 nitrogen and oxygen atoms in total. The smallest absolute Gasteiger partial charge is 0.408 e. The van der Waals surface area contributed by atoms with Crippen LogP contribution in [0.25, 0.3) is 0 Å². The van der Waals surface area contributed by atoms with Crippen LogP contribution < -0.4 is 5.32 Å². The molecule has 8 heteroatoms. The number of benzene rings is 2. The van der Waals surface area contributed by atoms with Gasteiger partial charge in [0.05, 0.1) is 0 Å². The van der Waals surface area contributed by atoms with Crippen molar-refractivity contribution in [1.29, 1.82) is 0 Å². The highest BCUT2D eigenvalue weighted by Crippen LogP contribution is 2.47. The minimum atomic E-state index is -3.77. The van der Waals surface area contributed by atoms with Crippen molar-refractivity contribution in [3.63, 3.8) is 0 Å². The first-order valence-corrected chi connectivity index (χ1v) is 11.9. The van der Waals surface area contributed by atoms with Crippen LogP contribution in [-0.2, 0) is 27.1 Å². The fraction of sp³-hybridized carbons (Fsp3) is 0.409. The van der Waals surface area contributed by atoms with E-state index in [9.17, 15) is 19.4 Å². The number of hydrogen-bond acceptors (Lipinski definition) is 5. The van der Waals surface area contributed by atoms with Crippen LogP contribution in [-0.4, -0.2) is 40.9 Å². The van der Waals surface area contributed by atoms with Crippen molar-refractivity contribution >= 4 is 13.5 Å². The summed E-state index contributed by atoms with van der Waals surface area (Å²) in [5, 5.41) is 12.3. The normalized spacial score (nSPS) is 15.0.